The normalized spacial score (nSPS) is 20.6. The summed E-state index contributed by atoms with van der Waals surface area (Å²) in [6, 6.07) is 0. The molecule has 1 fully saturated rings. The van der Waals surface area contributed by atoms with Crippen LogP contribution in [0.25, 0.3) is 0 Å². The number of carbonyl (C=O) groups is 3. The zero-order valence-corrected chi connectivity index (χ0v) is 11.7. The van der Waals surface area contributed by atoms with Gasteiger partial charge in [0.2, 0.25) is 17.7 Å². The van der Waals surface area contributed by atoms with Crippen LogP contribution in [0.5, 0.6) is 0 Å². The maximum Gasteiger partial charge on any atom is 0.233 e. The van der Waals surface area contributed by atoms with Gasteiger partial charge in [-0.3, -0.25) is 19.3 Å². The maximum atomic E-state index is 11.8. The fraction of sp³-hybridized carbons (Fsp3) is 0.750. The molecule has 7 nitrogen and oxygen atoms in total. The van der Waals surface area contributed by atoms with Crippen molar-refractivity contribution in [1.82, 2.24) is 20.4 Å². The van der Waals surface area contributed by atoms with Crippen LogP contribution in [0.2, 0.25) is 0 Å². The molecule has 0 saturated carbocycles. The van der Waals surface area contributed by atoms with Gasteiger partial charge in [-0.05, 0) is 0 Å². The first-order valence-electron chi connectivity index (χ1n) is 6.38. The Balaban J connectivity index is 2.75. The van der Waals surface area contributed by atoms with E-state index in [2.05, 4.69) is 10.6 Å². The number of hydrogen-bond donors (Lipinski definition) is 2. The Labute approximate surface area is 113 Å². The smallest absolute Gasteiger partial charge is 0.233 e. The average molecular weight is 270 g/mol. The third-order valence-electron chi connectivity index (χ3n) is 3.31. The Hall–Kier alpha value is -1.63. The van der Waals surface area contributed by atoms with Crippen molar-refractivity contribution in [1.29, 1.82) is 0 Å². The van der Waals surface area contributed by atoms with Crippen LogP contribution in [0.4, 0.5) is 0 Å². The lowest BCUT2D eigenvalue weighted by Crippen LogP contribution is -2.42. The zero-order chi connectivity index (χ0) is 14.4. The molecule has 0 aromatic heterocycles. The van der Waals surface area contributed by atoms with Crippen molar-refractivity contribution < 1.29 is 14.4 Å². The van der Waals surface area contributed by atoms with Gasteiger partial charge in [0.1, 0.15) is 0 Å². The highest BCUT2D eigenvalue weighted by atomic mass is 16.2. The summed E-state index contributed by atoms with van der Waals surface area (Å²) in [6.45, 7) is 3.77. The SMILES string of the molecule is CNC(=O)CN1CCN(C(C)=O)C[C@H](C(=O)NC)C1. The summed E-state index contributed by atoms with van der Waals surface area (Å²) in [6.07, 6.45) is 0. The summed E-state index contributed by atoms with van der Waals surface area (Å²) in [5, 5.41) is 5.17. The van der Waals surface area contributed by atoms with E-state index in [0.717, 1.165) is 0 Å². The van der Waals surface area contributed by atoms with Gasteiger partial charge in [0, 0.05) is 47.2 Å². The van der Waals surface area contributed by atoms with Crippen molar-refractivity contribution >= 4 is 17.7 Å². The van der Waals surface area contributed by atoms with E-state index in [1.807, 2.05) is 4.90 Å². The molecule has 0 spiro atoms. The van der Waals surface area contributed by atoms with E-state index in [1.54, 1.807) is 19.0 Å². The van der Waals surface area contributed by atoms with Gasteiger partial charge < -0.3 is 15.5 Å². The predicted molar refractivity (Wildman–Crippen MR) is 70.3 cm³/mol. The van der Waals surface area contributed by atoms with Gasteiger partial charge in [-0.2, -0.15) is 0 Å². The summed E-state index contributed by atoms with van der Waals surface area (Å²) in [7, 11) is 3.16. The Morgan fingerprint density at radius 2 is 1.79 bits per heavy atom. The van der Waals surface area contributed by atoms with Crippen LogP contribution in [0.15, 0.2) is 0 Å². The molecule has 2 N–H and O–H groups in total. The highest BCUT2D eigenvalue weighted by Gasteiger charge is 2.29. The van der Waals surface area contributed by atoms with Crippen molar-refractivity contribution in [3.8, 4) is 0 Å². The second-order valence-electron chi connectivity index (χ2n) is 4.68. The maximum absolute atomic E-state index is 11.8. The Morgan fingerprint density at radius 3 is 2.32 bits per heavy atom. The standard InChI is InChI=1S/C12H22N4O3/c1-9(17)16-5-4-15(8-11(18)13-2)6-10(7-16)12(19)14-3/h10H,4-8H2,1-3H3,(H,13,18)(H,14,19)/t10-/m1/s1. The number of nitrogens with zero attached hydrogens (tertiary/aromatic N) is 2. The molecule has 1 rings (SSSR count). The molecule has 0 radical (unpaired) electrons. The highest BCUT2D eigenvalue weighted by Crippen LogP contribution is 2.10. The van der Waals surface area contributed by atoms with Crippen LogP contribution >= 0.6 is 0 Å². The van der Waals surface area contributed by atoms with E-state index in [1.165, 1.54) is 6.92 Å². The molecule has 0 bridgehead atoms. The van der Waals surface area contributed by atoms with Crippen molar-refractivity contribution in [2.75, 3.05) is 46.8 Å². The summed E-state index contributed by atoms with van der Waals surface area (Å²) in [5.41, 5.74) is 0. The molecule has 0 aliphatic carbocycles. The third-order valence-corrected chi connectivity index (χ3v) is 3.31. The fourth-order valence-electron chi connectivity index (χ4n) is 2.16. The fourth-order valence-corrected chi connectivity index (χ4v) is 2.16. The van der Waals surface area contributed by atoms with E-state index < -0.39 is 0 Å². The molecule has 1 saturated heterocycles. The molecule has 0 aromatic rings. The second-order valence-corrected chi connectivity index (χ2v) is 4.68. The van der Waals surface area contributed by atoms with E-state index >= 15 is 0 Å². The number of rotatable bonds is 3. The van der Waals surface area contributed by atoms with Crippen LogP contribution in [0, 0.1) is 5.92 Å². The lowest BCUT2D eigenvalue weighted by Gasteiger charge is -2.22. The largest absolute Gasteiger partial charge is 0.359 e. The molecule has 19 heavy (non-hydrogen) atoms. The number of likely N-dealkylation sites (N-methyl/N-ethyl adjacent to an activating group) is 1. The Morgan fingerprint density at radius 1 is 1.11 bits per heavy atom. The number of carbonyl (C=O) groups excluding carboxylic acids is 3. The minimum Gasteiger partial charge on any atom is -0.359 e. The molecule has 1 heterocycles. The molecule has 1 atom stereocenters. The van der Waals surface area contributed by atoms with Gasteiger partial charge in [-0.15, -0.1) is 0 Å². The van der Waals surface area contributed by atoms with Gasteiger partial charge in [-0.1, -0.05) is 0 Å². The number of hydrogen-bond acceptors (Lipinski definition) is 4. The Kier molecular flexibility index (Phi) is 5.75. The van der Waals surface area contributed by atoms with Gasteiger partial charge in [0.15, 0.2) is 0 Å². The summed E-state index contributed by atoms with van der Waals surface area (Å²) < 4.78 is 0. The van der Waals surface area contributed by atoms with Crippen LogP contribution in [-0.2, 0) is 14.4 Å². The van der Waals surface area contributed by atoms with Crippen molar-refractivity contribution in [3.63, 3.8) is 0 Å². The topological polar surface area (TPSA) is 81.8 Å². The number of nitrogens with one attached hydrogen (secondary N) is 2. The van der Waals surface area contributed by atoms with Crippen molar-refractivity contribution in [3.05, 3.63) is 0 Å². The summed E-state index contributed by atoms with van der Waals surface area (Å²) >= 11 is 0. The number of amides is 3. The zero-order valence-electron chi connectivity index (χ0n) is 11.7. The van der Waals surface area contributed by atoms with E-state index in [0.29, 0.717) is 26.2 Å². The molecule has 1 aliphatic heterocycles. The van der Waals surface area contributed by atoms with Crippen LogP contribution in [-0.4, -0.2) is 74.3 Å². The third kappa shape index (κ3) is 4.51. The van der Waals surface area contributed by atoms with Crippen LogP contribution in [0.3, 0.4) is 0 Å². The van der Waals surface area contributed by atoms with E-state index in [4.69, 9.17) is 0 Å². The second kappa shape index (κ2) is 7.08. The molecule has 0 aromatic carbocycles. The minimum atomic E-state index is -0.305. The van der Waals surface area contributed by atoms with Crippen LogP contribution in [0.1, 0.15) is 6.92 Å². The quantitative estimate of drug-likeness (QED) is 0.638. The lowest BCUT2D eigenvalue weighted by atomic mass is 10.1. The predicted octanol–water partition coefficient (Wildman–Crippen LogP) is -1.74. The highest BCUT2D eigenvalue weighted by molar-refractivity contribution is 5.81. The van der Waals surface area contributed by atoms with E-state index in [9.17, 15) is 14.4 Å². The molecule has 1 aliphatic rings. The molecular weight excluding hydrogens is 248 g/mol. The minimum absolute atomic E-state index is 0.0457. The first-order chi connectivity index (χ1) is 8.97. The first-order valence-corrected chi connectivity index (χ1v) is 6.38. The summed E-state index contributed by atoms with van der Waals surface area (Å²) in [4.78, 5) is 38.3. The average Bonchev–Trinajstić information content (AvgIpc) is 2.60. The Bertz CT molecular complexity index is 359. The van der Waals surface area contributed by atoms with Gasteiger partial charge in [-0.25, -0.2) is 0 Å². The molecule has 108 valence electrons. The molecule has 3 amide bonds. The monoisotopic (exact) mass is 270 g/mol. The van der Waals surface area contributed by atoms with Crippen LogP contribution < -0.4 is 10.6 Å². The molecular formula is C12H22N4O3. The van der Waals surface area contributed by atoms with Crippen molar-refractivity contribution in [2.45, 2.75) is 6.92 Å². The van der Waals surface area contributed by atoms with Gasteiger partial charge >= 0.3 is 0 Å². The first kappa shape index (κ1) is 15.4. The molecule has 0 unspecified atom stereocenters. The lowest BCUT2D eigenvalue weighted by molar-refractivity contribution is -0.131. The molecule has 7 heteroatoms. The van der Waals surface area contributed by atoms with Gasteiger partial charge in [0.25, 0.3) is 0 Å². The van der Waals surface area contributed by atoms with Gasteiger partial charge in [0.05, 0.1) is 12.5 Å². The van der Waals surface area contributed by atoms with Crippen molar-refractivity contribution in [2.24, 2.45) is 5.92 Å². The summed E-state index contributed by atoms with van der Waals surface area (Å²) in [5.74, 6) is -0.543. The van der Waals surface area contributed by atoms with E-state index in [-0.39, 0.29) is 30.2 Å².